The second kappa shape index (κ2) is 8.47. The summed E-state index contributed by atoms with van der Waals surface area (Å²) in [4.78, 5) is 24.7. The number of hydrogen-bond donors (Lipinski definition) is 2. The van der Waals surface area contributed by atoms with Crippen LogP contribution in [-0.2, 0) is 4.79 Å². The number of nitrogens with one attached hydrogen (secondary N) is 2. The second-order valence-corrected chi connectivity index (χ2v) is 5.86. The van der Waals surface area contributed by atoms with Crippen LogP contribution >= 0.6 is 0 Å². The molecule has 1 aliphatic heterocycles. The number of carbonyl (C=O) groups is 1. The van der Waals surface area contributed by atoms with E-state index in [-0.39, 0.29) is 11.6 Å². The number of amides is 1. The van der Waals surface area contributed by atoms with Gasteiger partial charge in [0, 0.05) is 32.1 Å². The first-order valence-electron chi connectivity index (χ1n) is 8.01. The monoisotopic (exact) mass is 320 g/mol. The average Bonchev–Trinajstić information content (AvgIpc) is 2.55. The minimum absolute atomic E-state index is 0.0343. The summed E-state index contributed by atoms with van der Waals surface area (Å²) in [6.07, 6.45) is 2.53. The zero-order valence-electron chi connectivity index (χ0n) is 13.5. The fourth-order valence-electron chi connectivity index (χ4n) is 2.99. The van der Waals surface area contributed by atoms with Crippen LogP contribution in [0.4, 0.5) is 11.4 Å². The van der Waals surface area contributed by atoms with E-state index in [4.69, 9.17) is 0 Å². The average molecular weight is 320 g/mol. The normalized spacial score (nSPS) is 17.8. The molecule has 0 aromatic heterocycles. The van der Waals surface area contributed by atoms with Gasteiger partial charge in [-0.15, -0.1) is 0 Å². The first kappa shape index (κ1) is 17.2. The molecule has 2 N–H and O–H groups in total. The lowest BCUT2D eigenvalue weighted by molar-refractivity contribution is -0.384. The quantitative estimate of drug-likeness (QED) is 0.591. The van der Waals surface area contributed by atoms with Crippen LogP contribution < -0.4 is 10.6 Å². The molecule has 0 spiro atoms. The Kier molecular flexibility index (Phi) is 6.34. The molecule has 1 unspecified atom stereocenters. The van der Waals surface area contributed by atoms with Gasteiger partial charge in [-0.1, -0.05) is 12.1 Å². The SMILES string of the molecule is CNCC1CCCN(C(=O)CCNc2ccccc2[N+](=O)[O-])C1. The van der Waals surface area contributed by atoms with Gasteiger partial charge >= 0.3 is 0 Å². The number of nitrogens with zero attached hydrogens (tertiary/aromatic N) is 2. The number of likely N-dealkylation sites (tertiary alicyclic amines) is 1. The van der Waals surface area contributed by atoms with E-state index in [1.807, 2.05) is 11.9 Å². The molecule has 7 nitrogen and oxygen atoms in total. The van der Waals surface area contributed by atoms with Crippen molar-refractivity contribution in [1.82, 2.24) is 10.2 Å². The highest BCUT2D eigenvalue weighted by molar-refractivity contribution is 5.77. The van der Waals surface area contributed by atoms with Crippen molar-refractivity contribution in [3.05, 3.63) is 34.4 Å². The molecule has 0 aliphatic carbocycles. The van der Waals surface area contributed by atoms with E-state index in [0.29, 0.717) is 24.6 Å². The molecule has 2 rings (SSSR count). The highest BCUT2D eigenvalue weighted by Gasteiger charge is 2.23. The van der Waals surface area contributed by atoms with E-state index < -0.39 is 4.92 Å². The van der Waals surface area contributed by atoms with Gasteiger partial charge in [-0.2, -0.15) is 0 Å². The summed E-state index contributed by atoms with van der Waals surface area (Å²) < 4.78 is 0. The Morgan fingerprint density at radius 3 is 2.96 bits per heavy atom. The smallest absolute Gasteiger partial charge is 0.292 e. The highest BCUT2D eigenvalue weighted by Crippen LogP contribution is 2.23. The lowest BCUT2D eigenvalue weighted by atomic mass is 9.98. The molecule has 23 heavy (non-hydrogen) atoms. The van der Waals surface area contributed by atoms with Crippen molar-refractivity contribution in [3.63, 3.8) is 0 Å². The molecule has 0 radical (unpaired) electrons. The van der Waals surface area contributed by atoms with Crippen LogP contribution in [0.2, 0.25) is 0 Å². The third-order valence-electron chi connectivity index (χ3n) is 4.12. The van der Waals surface area contributed by atoms with Crippen molar-refractivity contribution in [3.8, 4) is 0 Å². The van der Waals surface area contributed by atoms with Crippen molar-refractivity contribution in [1.29, 1.82) is 0 Å². The lowest BCUT2D eigenvalue weighted by Gasteiger charge is -2.32. The summed E-state index contributed by atoms with van der Waals surface area (Å²) in [5.74, 6) is 0.623. The molecule has 1 aromatic rings. The van der Waals surface area contributed by atoms with Crippen molar-refractivity contribution in [2.45, 2.75) is 19.3 Å². The Balaban J connectivity index is 1.82. The zero-order chi connectivity index (χ0) is 16.7. The van der Waals surface area contributed by atoms with Gasteiger partial charge in [-0.05, 0) is 38.4 Å². The van der Waals surface area contributed by atoms with Gasteiger partial charge in [0.15, 0.2) is 0 Å². The van der Waals surface area contributed by atoms with Gasteiger partial charge in [0.25, 0.3) is 5.69 Å². The minimum atomic E-state index is -0.420. The van der Waals surface area contributed by atoms with Gasteiger partial charge < -0.3 is 15.5 Å². The summed E-state index contributed by atoms with van der Waals surface area (Å²) in [6, 6.07) is 6.48. The topological polar surface area (TPSA) is 87.5 Å². The zero-order valence-corrected chi connectivity index (χ0v) is 13.5. The van der Waals surface area contributed by atoms with Crippen molar-refractivity contribution >= 4 is 17.3 Å². The Morgan fingerprint density at radius 2 is 2.22 bits per heavy atom. The lowest BCUT2D eigenvalue weighted by Crippen LogP contribution is -2.42. The number of benzene rings is 1. The van der Waals surface area contributed by atoms with Crippen LogP contribution in [0.3, 0.4) is 0 Å². The molecule has 1 fully saturated rings. The summed E-state index contributed by atoms with van der Waals surface area (Å²) in [6.45, 7) is 2.94. The first-order chi connectivity index (χ1) is 11.1. The van der Waals surface area contributed by atoms with E-state index in [2.05, 4.69) is 10.6 Å². The fourth-order valence-corrected chi connectivity index (χ4v) is 2.99. The number of nitro benzene ring substituents is 1. The van der Waals surface area contributed by atoms with Crippen LogP contribution in [0.1, 0.15) is 19.3 Å². The number of anilines is 1. The summed E-state index contributed by atoms with van der Waals surface area (Å²) in [5.41, 5.74) is 0.490. The van der Waals surface area contributed by atoms with Crippen LogP contribution in [-0.4, -0.2) is 49.0 Å². The maximum Gasteiger partial charge on any atom is 0.292 e. The minimum Gasteiger partial charge on any atom is -0.379 e. The maximum atomic E-state index is 12.3. The molecule has 0 bridgehead atoms. The molecule has 126 valence electrons. The predicted octanol–water partition coefficient (Wildman–Crippen LogP) is 1.85. The second-order valence-electron chi connectivity index (χ2n) is 5.86. The van der Waals surface area contributed by atoms with Gasteiger partial charge in [-0.25, -0.2) is 0 Å². The van der Waals surface area contributed by atoms with Crippen LogP contribution in [0.15, 0.2) is 24.3 Å². The van der Waals surface area contributed by atoms with Gasteiger partial charge in [0.2, 0.25) is 5.91 Å². The van der Waals surface area contributed by atoms with E-state index in [9.17, 15) is 14.9 Å². The Bertz CT molecular complexity index is 548. The third-order valence-corrected chi connectivity index (χ3v) is 4.12. The largest absolute Gasteiger partial charge is 0.379 e. The van der Waals surface area contributed by atoms with Gasteiger partial charge in [-0.3, -0.25) is 14.9 Å². The van der Waals surface area contributed by atoms with Crippen molar-refractivity contribution in [2.75, 3.05) is 38.5 Å². The number of rotatable bonds is 7. The predicted molar refractivity (Wildman–Crippen MR) is 89.4 cm³/mol. The number of para-hydroxylation sites is 2. The number of piperidine rings is 1. The summed E-state index contributed by atoms with van der Waals surface area (Å²) in [5, 5.41) is 17.1. The molecule has 1 aliphatic rings. The van der Waals surface area contributed by atoms with Crippen molar-refractivity contribution in [2.24, 2.45) is 5.92 Å². The molecule has 7 heteroatoms. The highest BCUT2D eigenvalue weighted by atomic mass is 16.6. The molecule has 1 saturated heterocycles. The fraction of sp³-hybridized carbons (Fsp3) is 0.562. The summed E-state index contributed by atoms with van der Waals surface area (Å²) >= 11 is 0. The molecular formula is C16H24N4O3. The molecule has 0 saturated carbocycles. The van der Waals surface area contributed by atoms with Gasteiger partial charge in [0.1, 0.15) is 5.69 Å². The van der Waals surface area contributed by atoms with Crippen LogP contribution in [0.25, 0.3) is 0 Å². The number of hydrogen-bond acceptors (Lipinski definition) is 5. The number of nitro groups is 1. The Labute approximate surface area is 136 Å². The van der Waals surface area contributed by atoms with Crippen LogP contribution in [0.5, 0.6) is 0 Å². The Hall–Kier alpha value is -2.15. The molecule has 1 atom stereocenters. The molecule has 1 heterocycles. The molecule has 1 amide bonds. The van der Waals surface area contributed by atoms with E-state index >= 15 is 0 Å². The van der Waals surface area contributed by atoms with E-state index in [0.717, 1.165) is 32.5 Å². The number of carbonyl (C=O) groups excluding carboxylic acids is 1. The standard InChI is InChI=1S/C16H24N4O3/c1-17-11-13-5-4-10-19(12-13)16(21)8-9-18-14-6-2-3-7-15(14)20(22)23/h2-3,6-7,13,17-18H,4-5,8-12H2,1H3. The third kappa shape index (κ3) is 4.92. The first-order valence-corrected chi connectivity index (χ1v) is 8.01. The van der Waals surface area contributed by atoms with Gasteiger partial charge in [0.05, 0.1) is 4.92 Å². The summed E-state index contributed by atoms with van der Waals surface area (Å²) in [7, 11) is 1.93. The van der Waals surface area contributed by atoms with Crippen molar-refractivity contribution < 1.29 is 9.72 Å². The molecular weight excluding hydrogens is 296 g/mol. The van der Waals surface area contributed by atoms with E-state index in [1.165, 1.54) is 6.07 Å². The molecule has 1 aromatic carbocycles. The van der Waals surface area contributed by atoms with Crippen LogP contribution in [0, 0.1) is 16.0 Å². The maximum absolute atomic E-state index is 12.3. The Morgan fingerprint density at radius 1 is 1.43 bits per heavy atom. The van der Waals surface area contributed by atoms with E-state index in [1.54, 1.807) is 18.2 Å².